The molecule has 0 aliphatic carbocycles. The third-order valence-corrected chi connectivity index (χ3v) is 3.08. The first-order chi connectivity index (χ1) is 7.77. The molecule has 4 nitrogen and oxygen atoms in total. The van der Waals surface area contributed by atoms with Crippen LogP contribution in [-0.2, 0) is 4.74 Å². The highest BCUT2D eigenvalue weighted by Crippen LogP contribution is 2.24. The molecule has 5 heteroatoms. The van der Waals surface area contributed by atoms with E-state index in [0.29, 0.717) is 16.3 Å². The van der Waals surface area contributed by atoms with Crippen LogP contribution in [0.15, 0.2) is 29.8 Å². The minimum Gasteiger partial charge on any atom is -0.465 e. The number of carbonyl (C=O) groups excluding carboxylic acids is 2. The number of aldehydes is 1. The zero-order valence-corrected chi connectivity index (χ0v) is 9.36. The minimum absolute atomic E-state index is 0.401. The Labute approximate surface area is 96.1 Å². The molecule has 0 fully saturated rings. The molecule has 2 aromatic heterocycles. The Morgan fingerprint density at radius 3 is 3.00 bits per heavy atom. The summed E-state index contributed by atoms with van der Waals surface area (Å²) < 4.78 is 6.34. The van der Waals surface area contributed by atoms with Gasteiger partial charge in [0.05, 0.1) is 18.4 Å². The normalized spacial score (nSPS) is 10.1. The number of rotatable bonds is 3. The van der Waals surface area contributed by atoms with E-state index in [4.69, 9.17) is 0 Å². The Balaban J connectivity index is 2.52. The summed E-state index contributed by atoms with van der Waals surface area (Å²) in [5.74, 6) is -0.401. The predicted molar refractivity (Wildman–Crippen MR) is 60.4 cm³/mol. The minimum atomic E-state index is -0.401. The predicted octanol–water partition coefficient (Wildman–Crippen LogP) is 2.14. The van der Waals surface area contributed by atoms with Crippen LogP contribution in [0.4, 0.5) is 0 Å². The van der Waals surface area contributed by atoms with Gasteiger partial charge in [-0.15, -0.1) is 11.3 Å². The largest absolute Gasteiger partial charge is 0.465 e. The van der Waals surface area contributed by atoms with Gasteiger partial charge in [-0.05, 0) is 23.6 Å². The van der Waals surface area contributed by atoms with Gasteiger partial charge in [-0.3, -0.25) is 4.79 Å². The number of carbonyl (C=O) groups is 2. The quantitative estimate of drug-likeness (QED) is 0.605. The lowest BCUT2D eigenvalue weighted by Gasteiger charge is -2.04. The van der Waals surface area contributed by atoms with Crippen LogP contribution in [-0.4, -0.2) is 23.9 Å². The summed E-state index contributed by atoms with van der Waals surface area (Å²) in [6, 6.07) is 5.12. The molecule has 2 aromatic rings. The molecular weight excluding hydrogens is 226 g/mol. The van der Waals surface area contributed by atoms with Crippen LogP contribution in [0, 0.1) is 0 Å². The Morgan fingerprint density at radius 2 is 2.31 bits per heavy atom. The number of aromatic nitrogens is 1. The van der Waals surface area contributed by atoms with Crippen molar-refractivity contribution in [3.05, 3.63) is 41.0 Å². The van der Waals surface area contributed by atoms with Crippen LogP contribution in [0.5, 0.6) is 0 Å². The van der Waals surface area contributed by atoms with Gasteiger partial charge >= 0.3 is 5.97 Å². The molecule has 0 unspecified atom stereocenters. The lowest BCUT2D eigenvalue weighted by molar-refractivity contribution is 0.0601. The van der Waals surface area contributed by atoms with Gasteiger partial charge in [-0.2, -0.15) is 0 Å². The van der Waals surface area contributed by atoms with Gasteiger partial charge < -0.3 is 9.30 Å². The Morgan fingerprint density at radius 1 is 1.50 bits per heavy atom. The zero-order valence-electron chi connectivity index (χ0n) is 8.54. The molecule has 0 atom stereocenters. The molecule has 16 heavy (non-hydrogen) atoms. The summed E-state index contributed by atoms with van der Waals surface area (Å²) in [4.78, 5) is 22.3. The van der Waals surface area contributed by atoms with Gasteiger partial charge in [0.15, 0.2) is 6.29 Å². The Hall–Kier alpha value is -1.88. The second-order valence-electron chi connectivity index (χ2n) is 3.05. The van der Waals surface area contributed by atoms with Gasteiger partial charge in [0.2, 0.25) is 0 Å². The van der Waals surface area contributed by atoms with Crippen molar-refractivity contribution >= 4 is 23.6 Å². The number of nitrogens with zero attached hydrogens (tertiary/aromatic N) is 1. The third-order valence-electron chi connectivity index (χ3n) is 2.17. The monoisotopic (exact) mass is 235 g/mol. The number of esters is 1. The van der Waals surface area contributed by atoms with E-state index >= 15 is 0 Å². The van der Waals surface area contributed by atoms with Crippen molar-refractivity contribution in [2.45, 2.75) is 0 Å². The van der Waals surface area contributed by atoms with Crippen LogP contribution in [0.25, 0.3) is 5.00 Å². The van der Waals surface area contributed by atoms with Crippen LogP contribution >= 0.6 is 11.3 Å². The summed E-state index contributed by atoms with van der Waals surface area (Å²) in [6.07, 6.45) is 2.49. The van der Waals surface area contributed by atoms with Crippen LogP contribution in [0.1, 0.15) is 20.8 Å². The smallest absolute Gasteiger partial charge is 0.340 e. The number of methoxy groups -OCH3 is 1. The maximum absolute atomic E-state index is 11.5. The molecule has 0 aliphatic heterocycles. The van der Waals surface area contributed by atoms with Crippen LogP contribution < -0.4 is 0 Å². The van der Waals surface area contributed by atoms with Crippen LogP contribution in [0.2, 0.25) is 0 Å². The summed E-state index contributed by atoms with van der Waals surface area (Å²) in [6.45, 7) is 0. The van der Waals surface area contributed by atoms with E-state index in [1.807, 2.05) is 0 Å². The molecule has 0 N–H and O–H groups in total. The lowest BCUT2D eigenvalue weighted by Crippen LogP contribution is -2.05. The van der Waals surface area contributed by atoms with Gasteiger partial charge in [0.1, 0.15) is 5.00 Å². The van der Waals surface area contributed by atoms with E-state index in [0.717, 1.165) is 6.29 Å². The molecule has 0 radical (unpaired) electrons. The molecule has 0 bridgehead atoms. The fourth-order valence-electron chi connectivity index (χ4n) is 1.43. The average Bonchev–Trinajstić information content (AvgIpc) is 2.94. The number of hydrogen-bond acceptors (Lipinski definition) is 4. The van der Waals surface area contributed by atoms with Crippen molar-refractivity contribution in [3.8, 4) is 5.00 Å². The first kappa shape index (κ1) is 10.6. The Bertz CT molecular complexity index is 527. The molecule has 82 valence electrons. The maximum atomic E-state index is 11.5. The maximum Gasteiger partial charge on any atom is 0.340 e. The molecule has 0 aromatic carbocycles. The van der Waals surface area contributed by atoms with Gasteiger partial charge in [0, 0.05) is 6.20 Å². The summed E-state index contributed by atoms with van der Waals surface area (Å²) in [7, 11) is 1.33. The molecule has 2 rings (SSSR count). The van der Waals surface area contributed by atoms with E-state index < -0.39 is 5.97 Å². The molecular formula is C11H9NO3S. The van der Waals surface area contributed by atoms with E-state index in [9.17, 15) is 9.59 Å². The standard InChI is InChI=1S/C11H9NO3S/c1-15-11(14)9-4-6-16-10(9)12-5-2-3-8(12)7-13/h2-7H,1H3. The lowest BCUT2D eigenvalue weighted by atomic mass is 10.3. The highest BCUT2D eigenvalue weighted by Gasteiger charge is 2.15. The van der Waals surface area contributed by atoms with Gasteiger partial charge in [-0.1, -0.05) is 0 Å². The van der Waals surface area contributed by atoms with E-state index in [1.54, 1.807) is 34.3 Å². The fourth-order valence-corrected chi connectivity index (χ4v) is 2.32. The van der Waals surface area contributed by atoms with Crippen molar-refractivity contribution in [2.75, 3.05) is 7.11 Å². The molecule has 0 saturated carbocycles. The fraction of sp³-hybridized carbons (Fsp3) is 0.0909. The first-order valence-electron chi connectivity index (χ1n) is 4.56. The summed E-state index contributed by atoms with van der Waals surface area (Å²) in [5.41, 5.74) is 0.972. The summed E-state index contributed by atoms with van der Waals surface area (Å²) in [5, 5.41) is 2.48. The van der Waals surface area contributed by atoms with Gasteiger partial charge in [-0.25, -0.2) is 4.79 Å². The highest BCUT2D eigenvalue weighted by molar-refractivity contribution is 7.13. The molecule has 0 amide bonds. The second kappa shape index (κ2) is 4.32. The van der Waals surface area contributed by atoms with Gasteiger partial charge in [0.25, 0.3) is 0 Å². The topological polar surface area (TPSA) is 48.3 Å². The number of thiophene rings is 1. The average molecular weight is 235 g/mol. The Kier molecular flexibility index (Phi) is 2.87. The second-order valence-corrected chi connectivity index (χ2v) is 3.95. The van der Waals surface area contributed by atoms with E-state index in [1.165, 1.54) is 18.4 Å². The first-order valence-corrected chi connectivity index (χ1v) is 5.44. The van der Waals surface area contributed by atoms with Crippen molar-refractivity contribution in [3.63, 3.8) is 0 Å². The SMILES string of the molecule is COC(=O)c1ccsc1-n1cccc1C=O. The molecule has 0 aliphatic rings. The number of ether oxygens (including phenoxy) is 1. The number of hydrogen-bond donors (Lipinski definition) is 0. The van der Waals surface area contributed by atoms with Crippen molar-refractivity contribution < 1.29 is 14.3 Å². The summed E-state index contributed by atoms with van der Waals surface area (Å²) >= 11 is 1.38. The zero-order chi connectivity index (χ0) is 11.5. The van der Waals surface area contributed by atoms with Crippen molar-refractivity contribution in [1.82, 2.24) is 4.57 Å². The van der Waals surface area contributed by atoms with Crippen molar-refractivity contribution in [1.29, 1.82) is 0 Å². The van der Waals surface area contributed by atoms with Crippen molar-refractivity contribution in [2.24, 2.45) is 0 Å². The van der Waals surface area contributed by atoms with Crippen LogP contribution in [0.3, 0.4) is 0 Å². The molecule has 2 heterocycles. The van der Waals surface area contributed by atoms with E-state index in [2.05, 4.69) is 4.74 Å². The van der Waals surface area contributed by atoms with E-state index in [-0.39, 0.29) is 0 Å². The third kappa shape index (κ3) is 1.65. The molecule has 0 saturated heterocycles. The molecule has 0 spiro atoms. The highest BCUT2D eigenvalue weighted by atomic mass is 32.1.